The zero-order chi connectivity index (χ0) is 13.7. The van der Waals surface area contributed by atoms with Crippen LogP contribution in [0.1, 0.15) is 13.3 Å². The average molecular weight is 261 g/mol. The largest absolute Gasteiger partial charge is 0.480 e. The first kappa shape index (κ1) is 13.1. The molecule has 0 saturated heterocycles. The van der Waals surface area contributed by atoms with Crippen LogP contribution in [0.4, 0.5) is 0 Å². The molecule has 0 saturated carbocycles. The maximum absolute atomic E-state index is 11.4. The van der Waals surface area contributed by atoms with E-state index in [0.29, 0.717) is 17.9 Å². The van der Waals surface area contributed by atoms with E-state index < -0.39 is 5.97 Å². The van der Waals surface area contributed by atoms with E-state index >= 15 is 0 Å². The van der Waals surface area contributed by atoms with Crippen molar-refractivity contribution in [1.82, 2.24) is 4.98 Å². The second-order valence-corrected chi connectivity index (χ2v) is 4.05. The fraction of sp³-hybridized carbons (Fsp3) is 0.286. The molecule has 5 nitrogen and oxygen atoms in total. The first-order valence-electron chi connectivity index (χ1n) is 6.11. The fourth-order valence-electron chi connectivity index (χ4n) is 1.67. The summed E-state index contributed by atoms with van der Waals surface area (Å²) < 4.78 is 10.3. The van der Waals surface area contributed by atoms with Gasteiger partial charge in [-0.15, -0.1) is 0 Å². The van der Waals surface area contributed by atoms with Gasteiger partial charge in [-0.05, 0) is 18.6 Å². The molecule has 0 fully saturated rings. The van der Waals surface area contributed by atoms with Gasteiger partial charge in [-0.3, -0.25) is 4.79 Å². The standard InChI is InChI=1S/C14H15NO4/c1-2-8-18-13(17)9-19-11-5-3-4-10-6-7-12(16)15-14(10)11/h3-7H,2,8-9H2,1H3,(H,15,16). The Hall–Kier alpha value is -2.30. The van der Waals surface area contributed by atoms with Crippen molar-refractivity contribution in [2.45, 2.75) is 13.3 Å². The van der Waals surface area contributed by atoms with Crippen LogP contribution in [0.3, 0.4) is 0 Å². The van der Waals surface area contributed by atoms with Crippen LogP contribution >= 0.6 is 0 Å². The number of benzene rings is 1. The normalized spacial score (nSPS) is 10.4. The van der Waals surface area contributed by atoms with Gasteiger partial charge >= 0.3 is 5.97 Å². The lowest BCUT2D eigenvalue weighted by Gasteiger charge is -2.08. The van der Waals surface area contributed by atoms with E-state index in [1.165, 1.54) is 6.07 Å². The molecule has 1 aromatic carbocycles. The summed E-state index contributed by atoms with van der Waals surface area (Å²) in [5.41, 5.74) is 0.371. The zero-order valence-corrected chi connectivity index (χ0v) is 10.6. The molecule has 0 amide bonds. The third-order valence-electron chi connectivity index (χ3n) is 2.53. The molecule has 2 aromatic rings. The Balaban J connectivity index is 2.14. The Kier molecular flexibility index (Phi) is 4.18. The number of para-hydroxylation sites is 1. The predicted molar refractivity (Wildman–Crippen MR) is 71.3 cm³/mol. The van der Waals surface area contributed by atoms with Crippen LogP contribution in [0.15, 0.2) is 35.1 Å². The number of hydrogen-bond donors (Lipinski definition) is 1. The van der Waals surface area contributed by atoms with Gasteiger partial charge in [-0.25, -0.2) is 4.79 Å². The third-order valence-corrected chi connectivity index (χ3v) is 2.53. The second kappa shape index (κ2) is 6.04. The molecule has 2 rings (SSSR count). The fourth-order valence-corrected chi connectivity index (χ4v) is 1.67. The van der Waals surface area contributed by atoms with Crippen LogP contribution in [0.25, 0.3) is 10.9 Å². The lowest BCUT2D eigenvalue weighted by molar-refractivity contribution is -0.145. The molecular formula is C14H15NO4. The van der Waals surface area contributed by atoms with Crippen molar-refractivity contribution in [3.8, 4) is 5.75 Å². The van der Waals surface area contributed by atoms with Crippen LogP contribution < -0.4 is 10.3 Å². The van der Waals surface area contributed by atoms with Gasteiger partial charge in [0, 0.05) is 11.5 Å². The van der Waals surface area contributed by atoms with Gasteiger partial charge in [0.05, 0.1) is 12.1 Å². The number of ether oxygens (including phenoxy) is 2. The number of aromatic nitrogens is 1. The number of carbonyl (C=O) groups excluding carboxylic acids is 1. The molecule has 5 heteroatoms. The van der Waals surface area contributed by atoms with Crippen molar-refractivity contribution in [2.75, 3.05) is 13.2 Å². The van der Waals surface area contributed by atoms with Gasteiger partial charge in [0.25, 0.3) is 0 Å². The molecule has 0 aliphatic carbocycles. The summed E-state index contributed by atoms with van der Waals surface area (Å²) in [5, 5.41) is 0.846. The van der Waals surface area contributed by atoms with Crippen LogP contribution in [0.5, 0.6) is 5.75 Å². The number of carbonyl (C=O) groups is 1. The lowest BCUT2D eigenvalue weighted by Crippen LogP contribution is -2.15. The van der Waals surface area contributed by atoms with Crippen molar-refractivity contribution in [3.63, 3.8) is 0 Å². The SMILES string of the molecule is CCCOC(=O)COc1cccc2ccc(=O)[nH]c12. The quantitative estimate of drug-likeness (QED) is 0.834. The molecule has 1 aromatic heterocycles. The van der Waals surface area contributed by atoms with Crippen LogP contribution in [-0.2, 0) is 9.53 Å². The van der Waals surface area contributed by atoms with Crippen molar-refractivity contribution >= 4 is 16.9 Å². The number of pyridine rings is 1. The predicted octanol–water partition coefficient (Wildman–Crippen LogP) is 1.86. The van der Waals surface area contributed by atoms with Crippen LogP contribution in [0.2, 0.25) is 0 Å². The Morgan fingerprint density at radius 1 is 1.26 bits per heavy atom. The number of aromatic amines is 1. The summed E-state index contributed by atoms with van der Waals surface area (Å²) in [6.07, 6.45) is 0.771. The highest BCUT2D eigenvalue weighted by Gasteiger charge is 2.07. The molecule has 0 spiro atoms. The zero-order valence-electron chi connectivity index (χ0n) is 10.6. The summed E-state index contributed by atoms with van der Waals surface area (Å²) in [6.45, 7) is 2.13. The van der Waals surface area contributed by atoms with E-state index in [-0.39, 0.29) is 12.2 Å². The van der Waals surface area contributed by atoms with Gasteiger partial charge < -0.3 is 14.5 Å². The number of H-pyrrole nitrogens is 1. The highest BCUT2D eigenvalue weighted by Crippen LogP contribution is 2.21. The lowest BCUT2D eigenvalue weighted by atomic mass is 10.2. The maximum Gasteiger partial charge on any atom is 0.344 e. The van der Waals surface area contributed by atoms with Crippen LogP contribution in [-0.4, -0.2) is 24.2 Å². The molecule has 19 heavy (non-hydrogen) atoms. The summed E-state index contributed by atoms with van der Waals surface area (Å²) in [5.74, 6) is 0.0424. The van der Waals surface area contributed by atoms with Crippen molar-refractivity contribution in [1.29, 1.82) is 0 Å². The summed E-state index contributed by atoms with van der Waals surface area (Å²) >= 11 is 0. The highest BCUT2D eigenvalue weighted by atomic mass is 16.6. The minimum absolute atomic E-state index is 0.171. The highest BCUT2D eigenvalue weighted by molar-refractivity contribution is 5.84. The second-order valence-electron chi connectivity index (χ2n) is 4.05. The number of nitrogens with one attached hydrogen (secondary N) is 1. The molecule has 0 unspecified atom stereocenters. The summed E-state index contributed by atoms with van der Waals surface area (Å²) in [6, 6.07) is 8.50. The smallest absolute Gasteiger partial charge is 0.344 e. The van der Waals surface area contributed by atoms with Gasteiger partial charge in [0.15, 0.2) is 6.61 Å². The van der Waals surface area contributed by atoms with E-state index in [1.54, 1.807) is 18.2 Å². The molecule has 0 aliphatic heterocycles. The van der Waals surface area contributed by atoms with Gasteiger partial charge in [-0.2, -0.15) is 0 Å². The van der Waals surface area contributed by atoms with E-state index in [9.17, 15) is 9.59 Å². The monoisotopic (exact) mass is 261 g/mol. The van der Waals surface area contributed by atoms with Gasteiger partial charge in [-0.1, -0.05) is 19.1 Å². The Bertz CT molecular complexity index is 633. The van der Waals surface area contributed by atoms with Crippen molar-refractivity contribution in [3.05, 3.63) is 40.7 Å². The Morgan fingerprint density at radius 2 is 2.11 bits per heavy atom. The molecule has 1 N–H and O–H groups in total. The molecule has 0 bridgehead atoms. The number of fused-ring (bicyclic) bond motifs is 1. The number of rotatable bonds is 5. The number of esters is 1. The molecular weight excluding hydrogens is 246 g/mol. The Labute approximate surface area is 110 Å². The van der Waals surface area contributed by atoms with E-state index in [4.69, 9.17) is 9.47 Å². The van der Waals surface area contributed by atoms with Crippen molar-refractivity contribution < 1.29 is 14.3 Å². The molecule has 0 aliphatic rings. The van der Waals surface area contributed by atoms with Crippen LogP contribution in [0, 0.1) is 0 Å². The Morgan fingerprint density at radius 3 is 2.89 bits per heavy atom. The minimum atomic E-state index is -0.419. The molecule has 0 radical (unpaired) electrons. The summed E-state index contributed by atoms with van der Waals surface area (Å²) in [7, 11) is 0. The third kappa shape index (κ3) is 3.34. The topological polar surface area (TPSA) is 68.4 Å². The molecule has 100 valence electrons. The summed E-state index contributed by atoms with van der Waals surface area (Å²) in [4.78, 5) is 25.4. The molecule has 0 atom stereocenters. The maximum atomic E-state index is 11.4. The van der Waals surface area contributed by atoms with E-state index in [2.05, 4.69) is 4.98 Å². The average Bonchev–Trinajstić information content (AvgIpc) is 2.42. The van der Waals surface area contributed by atoms with Gasteiger partial charge in [0.2, 0.25) is 5.56 Å². The molecule has 1 heterocycles. The number of hydrogen-bond acceptors (Lipinski definition) is 4. The minimum Gasteiger partial charge on any atom is -0.480 e. The van der Waals surface area contributed by atoms with E-state index in [0.717, 1.165) is 11.8 Å². The van der Waals surface area contributed by atoms with E-state index in [1.807, 2.05) is 13.0 Å². The first-order chi connectivity index (χ1) is 9.20. The first-order valence-corrected chi connectivity index (χ1v) is 6.11. The van der Waals surface area contributed by atoms with Crippen molar-refractivity contribution in [2.24, 2.45) is 0 Å². The van der Waals surface area contributed by atoms with Gasteiger partial charge in [0.1, 0.15) is 5.75 Å².